The van der Waals surface area contributed by atoms with Crippen LogP contribution in [0.4, 0.5) is 0 Å². The molecule has 30 heavy (non-hydrogen) atoms. The molecule has 0 aliphatic carbocycles. The van der Waals surface area contributed by atoms with E-state index in [-0.39, 0.29) is 13.0 Å². The standard InChI is InChI=1S/C22H45NO7/c1-2-3-4-5-6-7-8-9-10-11-12-13-14-15-18(25)30-22(29)21(28)20(27)19(26)17(24)16-23/h17,19-22,24,26-29H,2-16,23H2,1H3. The van der Waals surface area contributed by atoms with Crippen LogP contribution in [0.5, 0.6) is 0 Å². The lowest BCUT2D eigenvalue weighted by atomic mass is 10.0. The number of hydrogen-bond acceptors (Lipinski definition) is 8. The first-order chi connectivity index (χ1) is 14.3. The minimum atomic E-state index is -1.99. The van der Waals surface area contributed by atoms with Crippen molar-refractivity contribution in [3.05, 3.63) is 0 Å². The number of ether oxygens (including phenoxy) is 1. The lowest BCUT2D eigenvalue weighted by Gasteiger charge is -2.28. The maximum Gasteiger partial charge on any atom is 0.308 e. The molecule has 0 saturated heterocycles. The second kappa shape index (κ2) is 19.0. The predicted octanol–water partition coefficient (Wildman–Crippen LogP) is 1.73. The van der Waals surface area contributed by atoms with Crippen molar-refractivity contribution in [2.45, 2.75) is 128 Å². The van der Waals surface area contributed by atoms with Gasteiger partial charge < -0.3 is 36.0 Å². The molecule has 0 aromatic rings. The molecule has 8 nitrogen and oxygen atoms in total. The number of carbonyl (C=O) groups is 1. The molecular weight excluding hydrogens is 390 g/mol. The Bertz CT molecular complexity index is 411. The van der Waals surface area contributed by atoms with E-state index in [0.29, 0.717) is 6.42 Å². The molecule has 180 valence electrons. The SMILES string of the molecule is CCCCCCCCCCCCCCCC(=O)OC(O)C(O)C(O)C(O)C(O)CN. The fourth-order valence-corrected chi connectivity index (χ4v) is 3.29. The summed E-state index contributed by atoms with van der Waals surface area (Å²) in [4.78, 5) is 11.7. The van der Waals surface area contributed by atoms with Crippen molar-refractivity contribution in [3.63, 3.8) is 0 Å². The first-order valence-corrected chi connectivity index (χ1v) is 11.6. The number of hydrogen-bond donors (Lipinski definition) is 6. The van der Waals surface area contributed by atoms with Gasteiger partial charge in [0.2, 0.25) is 6.29 Å². The zero-order valence-electron chi connectivity index (χ0n) is 18.6. The summed E-state index contributed by atoms with van der Waals surface area (Å²) in [6.07, 6.45) is 6.47. The number of nitrogens with two attached hydrogens (primary N) is 1. The Hall–Kier alpha value is -0.770. The van der Waals surface area contributed by atoms with Gasteiger partial charge in [0.1, 0.15) is 18.3 Å². The molecular formula is C22H45NO7. The van der Waals surface area contributed by atoms with Gasteiger partial charge >= 0.3 is 5.97 Å². The molecule has 0 aliphatic rings. The van der Waals surface area contributed by atoms with Crippen LogP contribution >= 0.6 is 0 Å². The largest absolute Gasteiger partial charge is 0.433 e. The number of esters is 1. The first-order valence-electron chi connectivity index (χ1n) is 11.6. The molecule has 0 saturated carbocycles. The number of aliphatic hydroxyl groups is 5. The summed E-state index contributed by atoms with van der Waals surface area (Å²) in [5, 5.41) is 48.1. The Kier molecular flexibility index (Phi) is 18.5. The van der Waals surface area contributed by atoms with Crippen LogP contribution in [0.25, 0.3) is 0 Å². The van der Waals surface area contributed by atoms with Crippen molar-refractivity contribution < 1.29 is 35.1 Å². The molecule has 0 amide bonds. The lowest BCUT2D eigenvalue weighted by molar-refractivity contribution is -0.212. The summed E-state index contributed by atoms with van der Waals surface area (Å²) in [5.41, 5.74) is 5.16. The summed E-state index contributed by atoms with van der Waals surface area (Å²) in [6.45, 7) is 1.90. The highest BCUT2D eigenvalue weighted by Crippen LogP contribution is 2.14. The van der Waals surface area contributed by atoms with E-state index < -0.39 is 36.7 Å². The Balaban J connectivity index is 3.69. The van der Waals surface area contributed by atoms with Crippen molar-refractivity contribution in [1.29, 1.82) is 0 Å². The van der Waals surface area contributed by atoms with Crippen LogP contribution in [-0.4, -0.2) is 68.8 Å². The van der Waals surface area contributed by atoms with Crippen molar-refractivity contribution in [1.82, 2.24) is 0 Å². The van der Waals surface area contributed by atoms with E-state index >= 15 is 0 Å². The Labute approximate surface area is 181 Å². The third-order valence-electron chi connectivity index (χ3n) is 5.36. The van der Waals surface area contributed by atoms with Gasteiger partial charge in [-0.15, -0.1) is 0 Å². The topological polar surface area (TPSA) is 153 Å². The van der Waals surface area contributed by atoms with Crippen LogP contribution < -0.4 is 5.73 Å². The fourth-order valence-electron chi connectivity index (χ4n) is 3.29. The number of unbranched alkanes of at least 4 members (excludes halogenated alkanes) is 12. The van der Waals surface area contributed by atoms with E-state index in [9.17, 15) is 30.3 Å². The summed E-state index contributed by atoms with van der Waals surface area (Å²) >= 11 is 0. The fraction of sp³-hybridized carbons (Fsp3) is 0.955. The molecule has 7 N–H and O–H groups in total. The van der Waals surface area contributed by atoms with Crippen LogP contribution in [0.2, 0.25) is 0 Å². The summed E-state index contributed by atoms with van der Waals surface area (Å²) in [5.74, 6) is -0.689. The molecule has 0 radical (unpaired) electrons. The van der Waals surface area contributed by atoms with Crippen LogP contribution in [0, 0.1) is 0 Å². The average molecular weight is 436 g/mol. The van der Waals surface area contributed by atoms with Crippen molar-refractivity contribution >= 4 is 5.97 Å². The van der Waals surface area contributed by atoms with Crippen molar-refractivity contribution in [2.75, 3.05) is 6.54 Å². The number of rotatable bonds is 20. The highest BCUT2D eigenvalue weighted by Gasteiger charge is 2.35. The molecule has 0 fully saturated rings. The second-order valence-corrected chi connectivity index (χ2v) is 8.15. The van der Waals surface area contributed by atoms with Crippen LogP contribution in [0.3, 0.4) is 0 Å². The van der Waals surface area contributed by atoms with E-state index in [0.717, 1.165) is 19.3 Å². The molecule has 0 aromatic heterocycles. The molecule has 0 heterocycles. The molecule has 0 aromatic carbocycles. The number of carbonyl (C=O) groups excluding carboxylic acids is 1. The monoisotopic (exact) mass is 435 g/mol. The van der Waals surface area contributed by atoms with Crippen molar-refractivity contribution in [2.24, 2.45) is 5.73 Å². The Morgan fingerprint density at radius 2 is 1.13 bits per heavy atom. The van der Waals surface area contributed by atoms with E-state index in [1.807, 2.05) is 0 Å². The van der Waals surface area contributed by atoms with Gasteiger partial charge in [-0.05, 0) is 6.42 Å². The average Bonchev–Trinajstić information content (AvgIpc) is 2.74. The van der Waals surface area contributed by atoms with Gasteiger partial charge in [0.05, 0.1) is 6.10 Å². The molecule has 8 heteroatoms. The van der Waals surface area contributed by atoms with E-state index in [2.05, 4.69) is 11.7 Å². The minimum Gasteiger partial charge on any atom is -0.433 e. The maximum atomic E-state index is 11.7. The molecule has 5 unspecified atom stereocenters. The normalized spacial score (nSPS) is 16.6. The van der Waals surface area contributed by atoms with Gasteiger partial charge in [-0.1, -0.05) is 84.0 Å². The molecule has 5 atom stereocenters. The first kappa shape index (κ1) is 29.2. The molecule has 0 spiro atoms. The zero-order chi connectivity index (χ0) is 22.8. The lowest BCUT2D eigenvalue weighted by Crippen LogP contribution is -2.51. The highest BCUT2D eigenvalue weighted by atomic mass is 16.6. The van der Waals surface area contributed by atoms with Gasteiger partial charge in [-0.3, -0.25) is 4.79 Å². The third-order valence-corrected chi connectivity index (χ3v) is 5.36. The Morgan fingerprint density at radius 1 is 0.700 bits per heavy atom. The van der Waals surface area contributed by atoms with E-state index in [1.54, 1.807) is 0 Å². The van der Waals surface area contributed by atoms with Gasteiger partial charge in [0.15, 0.2) is 0 Å². The smallest absolute Gasteiger partial charge is 0.308 e. The Morgan fingerprint density at radius 3 is 1.57 bits per heavy atom. The second-order valence-electron chi connectivity index (χ2n) is 8.15. The van der Waals surface area contributed by atoms with Crippen LogP contribution in [0.1, 0.15) is 96.8 Å². The molecule has 0 bridgehead atoms. The van der Waals surface area contributed by atoms with Crippen molar-refractivity contribution in [3.8, 4) is 0 Å². The highest BCUT2D eigenvalue weighted by molar-refractivity contribution is 5.69. The minimum absolute atomic E-state index is 0.103. The molecule has 0 rings (SSSR count). The van der Waals surface area contributed by atoms with Crippen LogP contribution in [0.15, 0.2) is 0 Å². The maximum absolute atomic E-state index is 11.7. The van der Waals surface area contributed by atoms with Crippen LogP contribution in [-0.2, 0) is 9.53 Å². The van der Waals surface area contributed by atoms with Gasteiger partial charge in [-0.2, -0.15) is 0 Å². The zero-order valence-corrected chi connectivity index (χ0v) is 18.6. The summed E-state index contributed by atoms with van der Waals surface area (Å²) < 4.78 is 4.69. The van der Waals surface area contributed by atoms with Gasteiger partial charge in [0, 0.05) is 13.0 Å². The molecule has 0 aliphatic heterocycles. The summed E-state index contributed by atoms with van der Waals surface area (Å²) in [7, 11) is 0. The third kappa shape index (κ3) is 14.3. The van der Waals surface area contributed by atoms with E-state index in [4.69, 9.17) is 5.73 Å². The predicted molar refractivity (Wildman–Crippen MR) is 115 cm³/mol. The van der Waals surface area contributed by atoms with Gasteiger partial charge in [-0.25, -0.2) is 0 Å². The number of aliphatic hydroxyl groups excluding tert-OH is 5. The van der Waals surface area contributed by atoms with Gasteiger partial charge in [0.25, 0.3) is 0 Å². The van der Waals surface area contributed by atoms with E-state index in [1.165, 1.54) is 57.8 Å². The quantitative estimate of drug-likeness (QED) is 0.0960. The summed E-state index contributed by atoms with van der Waals surface area (Å²) in [6, 6.07) is 0.